The summed E-state index contributed by atoms with van der Waals surface area (Å²) < 4.78 is 4.61. The highest BCUT2D eigenvalue weighted by Crippen LogP contribution is 2.24. The summed E-state index contributed by atoms with van der Waals surface area (Å²) in [5.74, 6) is -0.403. The summed E-state index contributed by atoms with van der Waals surface area (Å²) in [6.07, 6.45) is 2.10. The number of nitro groups is 1. The van der Waals surface area contributed by atoms with Crippen molar-refractivity contribution in [2.24, 2.45) is 0 Å². The van der Waals surface area contributed by atoms with Crippen LogP contribution in [0, 0.1) is 10.1 Å². The van der Waals surface area contributed by atoms with Gasteiger partial charge in [0.1, 0.15) is 0 Å². The lowest BCUT2D eigenvalue weighted by atomic mass is 10.1. The molecule has 19 heavy (non-hydrogen) atoms. The van der Waals surface area contributed by atoms with Gasteiger partial charge < -0.3 is 15.5 Å². The second kappa shape index (κ2) is 5.07. The van der Waals surface area contributed by atoms with Gasteiger partial charge in [0.25, 0.3) is 5.69 Å². The zero-order chi connectivity index (χ0) is 14.0. The van der Waals surface area contributed by atoms with E-state index in [1.807, 2.05) is 0 Å². The number of nitrogens with one attached hydrogen (secondary N) is 1. The Hall–Kier alpha value is -2.41. The number of carbonyl (C=O) groups excluding carboxylic acids is 1. The SMILES string of the molecule is COC(=O)[C@@H]([NH3+])Cc1c[nH]c2ccc([N+](=O)[O-])cc12. The number of benzene rings is 1. The van der Waals surface area contributed by atoms with Crippen molar-refractivity contribution < 1.29 is 20.2 Å². The molecule has 0 saturated heterocycles. The number of carbonyl (C=O) groups is 1. The summed E-state index contributed by atoms with van der Waals surface area (Å²) in [6.45, 7) is 0. The normalized spacial score (nSPS) is 12.3. The number of ether oxygens (including phenoxy) is 1. The van der Waals surface area contributed by atoms with Crippen molar-refractivity contribution in [3.8, 4) is 0 Å². The fraction of sp³-hybridized carbons (Fsp3) is 0.250. The van der Waals surface area contributed by atoms with E-state index in [1.54, 1.807) is 12.3 Å². The first-order valence-corrected chi connectivity index (χ1v) is 5.68. The van der Waals surface area contributed by atoms with E-state index in [0.29, 0.717) is 6.42 Å². The number of hydrogen-bond donors (Lipinski definition) is 2. The van der Waals surface area contributed by atoms with Crippen LogP contribution in [0.1, 0.15) is 5.56 Å². The number of non-ortho nitro benzene ring substituents is 1. The minimum atomic E-state index is -0.539. The molecule has 7 nitrogen and oxygen atoms in total. The zero-order valence-corrected chi connectivity index (χ0v) is 10.4. The standard InChI is InChI=1S/C12H13N3O4/c1-19-12(16)10(13)4-7-6-14-11-3-2-8(15(17)18)5-9(7)11/h2-3,5-6,10,14H,4,13H2,1H3/p+1/t10-/m0/s1. The second-order valence-corrected chi connectivity index (χ2v) is 4.23. The Kier molecular flexibility index (Phi) is 3.48. The fourth-order valence-electron chi connectivity index (χ4n) is 1.96. The fourth-order valence-corrected chi connectivity index (χ4v) is 1.96. The molecule has 1 heterocycles. The highest BCUT2D eigenvalue weighted by atomic mass is 16.6. The van der Waals surface area contributed by atoms with Crippen molar-refractivity contribution in [2.45, 2.75) is 12.5 Å². The summed E-state index contributed by atoms with van der Waals surface area (Å²) in [7, 11) is 1.31. The number of nitrogens with zero attached hydrogens (tertiary/aromatic N) is 1. The first kappa shape index (κ1) is 13.0. The van der Waals surface area contributed by atoms with E-state index < -0.39 is 16.9 Å². The zero-order valence-electron chi connectivity index (χ0n) is 10.4. The number of H-pyrrole nitrogens is 1. The Bertz CT molecular complexity index is 635. The molecule has 2 aromatic rings. The minimum Gasteiger partial charge on any atom is -0.465 e. The first-order valence-electron chi connectivity index (χ1n) is 5.68. The van der Waals surface area contributed by atoms with Gasteiger partial charge in [-0.3, -0.25) is 10.1 Å². The quantitative estimate of drug-likeness (QED) is 0.472. The van der Waals surface area contributed by atoms with Crippen molar-refractivity contribution in [3.05, 3.63) is 40.1 Å². The summed E-state index contributed by atoms with van der Waals surface area (Å²) in [5, 5.41) is 11.5. The van der Waals surface area contributed by atoms with Gasteiger partial charge in [-0.2, -0.15) is 0 Å². The third-order valence-corrected chi connectivity index (χ3v) is 2.96. The van der Waals surface area contributed by atoms with Gasteiger partial charge >= 0.3 is 5.97 Å². The van der Waals surface area contributed by atoms with Gasteiger partial charge in [0.05, 0.1) is 12.0 Å². The van der Waals surface area contributed by atoms with Crippen LogP contribution in [0.3, 0.4) is 0 Å². The average Bonchev–Trinajstić information content (AvgIpc) is 2.80. The largest absolute Gasteiger partial charge is 0.465 e. The van der Waals surface area contributed by atoms with Gasteiger partial charge in [0, 0.05) is 35.7 Å². The van der Waals surface area contributed by atoms with Crippen molar-refractivity contribution in [1.82, 2.24) is 4.98 Å². The van der Waals surface area contributed by atoms with Crippen LogP contribution < -0.4 is 5.73 Å². The van der Waals surface area contributed by atoms with E-state index in [-0.39, 0.29) is 5.69 Å². The van der Waals surface area contributed by atoms with E-state index >= 15 is 0 Å². The Morgan fingerprint density at radius 2 is 2.32 bits per heavy atom. The van der Waals surface area contributed by atoms with Crippen molar-refractivity contribution in [2.75, 3.05) is 7.11 Å². The molecule has 0 unspecified atom stereocenters. The van der Waals surface area contributed by atoms with Crippen LogP contribution in [0.2, 0.25) is 0 Å². The summed E-state index contributed by atoms with van der Waals surface area (Å²) in [4.78, 5) is 24.7. The van der Waals surface area contributed by atoms with E-state index in [1.165, 1.54) is 19.2 Å². The molecule has 0 saturated carbocycles. The molecule has 0 bridgehead atoms. The van der Waals surface area contributed by atoms with Crippen molar-refractivity contribution >= 4 is 22.6 Å². The van der Waals surface area contributed by atoms with Crippen LogP contribution in [-0.4, -0.2) is 29.0 Å². The number of aromatic amines is 1. The molecule has 1 aromatic heterocycles. The molecule has 100 valence electrons. The molecule has 0 aliphatic heterocycles. The number of nitro benzene ring substituents is 1. The molecule has 0 aliphatic carbocycles. The molecule has 4 N–H and O–H groups in total. The van der Waals surface area contributed by atoms with Crippen LogP contribution in [-0.2, 0) is 16.0 Å². The third kappa shape index (κ3) is 2.55. The monoisotopic (exact) mass is 264 g/mol. The maximum atomic E-state index is 11.3. The molecule has 0 spiro atoms. The smallest absolute Gasteiger partial charge is 0.364 e. The van der Waals surface area contributed by atoms with Crippen LogP contribution in [0.4, 0.5) is 5.69 Å². The van der Waals surface area contributed by atoms with Gasteiger partial charge in [-0.15, -0.1) is 0 Å². The molecule has 0 aliphatic rings. The van der Waals surface area contributed by atoms with Crippen LogP contribution >= 0.6 is 0 Å². The first-order chi connectivity index (χ1) is 9.02. The van der Waals surface area contributed by atoms with Crippen molar-refractivity contribution in [1.29, 1.82) is 0 Å². The number of esters is 1. The number of hydrogen-bond acceptors (Lipinski definition) is 4. The summed E-state index contributed by atoms with van der Waals surface area (Å²) >= 11 is 0. The molecule has 2 rings (SSSR count). The Labute approximate surface area is 108 Å². The molecular formula is C12H14N3O4+. The Balaban J connectivity index is 2.35. The lowest BCUT2D eigenvalue weighted by Gasteiger charge is -2.05. The highest BCUT2D eigenvalue weighted by Gasteiger charge is 2.20. The van der Waals surface area contributed by atoms with E-state index in [9.17, 15) is 14.9 Å². The molecule has 0 radical (unpaired) electrons. The molecule has 7 heteroatoms. The number of quaternary nitrogens is 1. The Morgan fingerprint density at radius 1 is 1.58 bits per heavy atom. The van der Waals surface area contributed by atoms with Crippen LogP contribution in [0.15, 0.2) is 24.4 Å². The van der Waals surface area contributed by atoms with Crippen LogP contribution in [0.25, 0.3) is 10.9 Å². The van der Waals surface area contributed by atoms with Gasteiger partial charge in [-0.25, -0.2) is 4.79 Å². The topological polar surface area (TPSA) is 113 Å². The van der Waals surface area contributed by atoms with Gasteiger partial charge in [0.2, 0.25) is 0 Å². The van der Waals surface area contributed by atoms with Gasteiger partial charge in [-0.1, -0.05) is 0 Å². The number of rotatable bonds is 4. The van der Waals surface area contributed by atoms with E-state index in [0.717, 1.165) is 16.5 Å². The minimum absolute atomic E-state index is 0.0204. The number of methoxy groups -OCH3 is 1. The summed E-state index contributed by atoms with van der Waals surface area (Å²) in [6, 6.07) is 4.03. The van der Waals surface area contributed by atoms with Gasteiger partial charge in [-0.05, 0) is 11.6 Å². The Morgan fingerprint density at radius 3 is 2.95 bits per heavy atom. The van der Waals surface area contributed by atoms with E-state index in [4.69, 9.17) is 0 Å². The van der Waals surface area contributed by atoms with Crippen molar-refractivity contribution in [3.63, 3.8) is 0 Å². The summed E-state index contributed by atoms with van der Waals surface area (Å²) in [5.41, 5.74) is 5.34. The van der Waals surface area contributed by atoms with Crippen LogP contribution in [0.5, 0.6) is 0 Å². The maximum Gasteiger partial charge on any atom is 0.364 e. The lowest BCUT2D eigenvalue weighted by molar-refractivity contribution is -0.407. The molecule has 1 aromatic carbocycles. The molecule has 0 fully saturated rings. The molecular weight excluding hydrogens is 250 g/mol. The second-order valence-electron chi connectivity index (χ2n) is 4.23. The predicted octanol–water partition coefficient (Wildman–Crippen LogP) is 0.402. The van der Waals surface area contributed by atoms with Gasteiger partial charge in [0.15, 0.2) is 6.04 Å². The lowest BCUT2D eigenvalue weighted by Crippen LogP contribution is -2.66. The number of fused-ring (bicyclic) bond motifs is 1. The van der Waals surface area contributed by atoms with E-state index in [2.05, 4.69) is 15.5 Å². The average molecular weight is 264 g/mol. The maximum absolute atomic E-state index is 11.3. The third-order valence-electron chi connectivity index (χ3n) is 2.96. The predicted molar refractivity (Wildman–Crippen MR) is 67.3 cm³/mol. The highest BCUT2D eigenvalue weighted by molar-refractivity contribution is 5.86. The molecule has 0 amide bonds. The number of aromatic nitrogens is 1. The molecule has 1 atom stereocenters.